The van der Waals surface area contributed by atoms with Gasteiger partial charge in [-0.05, 0) is 37.1 Å². The minimum absolute atomic E-state index is 0.0142. The van der Waals surface area contributed by atoms with Gasteiger partial charge in [0, 0.05) is 51.7 Å². The minimum atomic E-state index is -0.0142. The molecule has 158 valence electrons. The summed E-state index contributed by atoms with van der Waals surface area (Å²) in [7, 11) is 0. The molecule has 1 unspecified atom stereocenters. The fourth-order valence-corrected chi connectivity index (χ4v) is 4.52. The number of piperidine rings is 1. The summed E-state index contributed by atoms with van der Waals surface area (Å²) < 4.78 is 7.52. The summed E-state index contributed by atoms with van der Waals surface area (Å²) in [6.07, 6.45) is 5.72. The number of fused-ring (bicyclic) bond motifs is 3. The number of carbonyl (C=O) groups excluding carboxylic acids is 1. The second kappa shape index (κ2) is 8.57. The Morgan fingerprint density at radius 2 is 2.03 bits per heavy atom. The van der Waals surface area contributed by atoms with Crippen molar-refractivity contribution in [3.8, 4) is 0 Å². The van der Waals surface area contributed by atoms with E-state index in [0.29, 0.717) is 13.1 Å². The van der Waals surface area contributed by atoms with Gasteiger partial charge in [0.2, 0.25) is 5.91 Å². The molecule has 0 radical (unpaired) electrons. The minimum Gasteiger partial charge on any atom is -0.379 e. The topological polar surface area (TPSA) is 75.0 Å². The first kappa shape index (κ1) is 19.3. The van der Waals surface area contributed by atoms with Crippen molar-refractivity contribution in [2.24, 2.45) is 5.92 Å². The first-order chi connectivity index (χ1) is 14.8. The largest absolute Gasteiger partial charge is 0.379 e. The van der Waals surface area contributed by atoms with E-state index in [4.69, 9.17) is 9.72 Å². The van der Waals surface area contributed by atoms with Crippen LogP contribution in [-0.2, 0) is 9.53 Å². The fourth-order valence-electron chi connectivity index (χ4n) is 4.52. The Bertz CT molecular complexity index is 1030. The van der Waals surface area contributed by atoms with E-state index in [9.17, 15) is 4.79 Å². The van der Waals surface area contributed by atoms with Crippen LogP contribution in [0.2, 0.25) is 0 Å². The summed E-state index contributed by atoms with van der Waals surface area (Å²) in [6.45, 7) is 6.63. The zero-order valence-electron chi connectivity index (χ0n) is 17.2. The molecule has 8 heteroatoms. The van der Waals surface area contributed by atoms with E-state index >= 15 is 0 Å². The van der Waals surface area contributed by atoms with Gasteiger partial charge in [0.1, 0.15) is 0 Å². The van der Waals surface area contributed by atoms with Gasteiger partial charge in [-0.15, -0.1) is 0 Å². The van der Waals surface area contributed by atoms with E-state index in [1.54, 1.807) is 6.20 Å². The van der Waals surface area contributed by atoms with Gasteiger partial charge in [0.05, 0.1) is 30.2 Å². The molecule has 2 aliphatic heterocycles. The molecule has 8 nitrogen and oxygen atoms in total. The van der Waals surface area contributed by atoms with Crippen LogP contribution >= 0.6 is 0 Å². The predicted molar refractivity (Wildman–Crippen MR) is 116 cm³/mol. The van der Waals surface area contributed by atoms with E-state index in [-0.39, 0.29) is 11.8 Å². The summed E-state index contributed by atoms with van der Waals surface area (Å²) in [4.78, 5) is 26.7. The lowest BCUT2D eigenvalue weighted by Gasteiger charge is -2.33. The maximum Gasteiger partial charge on any atom is 0.224 e. The molecule has 0 spiro atoms. The van der Waals surface area contributed by atoms with Gasteiger partial charge in [-0.25, -0.2) is 9.97 Å². The molecule has 1 amide bonds. The quantitative estimate of drug-likeness (QED) is 0.690. The highest BCUT2D eigenvalue weighted by molar-refractivity contribution is 5.84. The molecule has 0 bridgehead atoms. The monoisotopic (exact) mass is 408 g/mol. The number of pyridine rings is 1. The van der Waals surface area contributed by atoms with Gasteiger partial charge in [-0.3, -0.25) is 9.69 Å². The number of hydrogen-bond donors (Lipinski definition) is 1. The number of nitrogens with zero attached hydrogens (tertiary/aromatic N) is 5. The number of rotatable bonds is 5. The van der Waals surface area contributed by atoms with Crippen LogP contribution in [0.25, 0.3) is 16.7 Å². The third-order valence-corrected chi connectivity index (χ3v) is 6.14. The Morgan fingerprint density at radius 3 is 2.93 bits per heavy atom. The molecule has 3 aromatic rings. The molecule has 1 atom stereocenters. The van der Waals surface area contributed by atoms with Crippen molar-refractivity contribution in [1.82, 2.24) is 24.6 Å². The summed E-state index contributed by atoms with van der Waals surface area (Å²) >= 11 is 0. The zero-order valence-corrected chi connectivity index (χ0v) is 17.2. The van der Waals surface area contributed by atoms with Gasteiger partial charge < -0.3 is 19.4 Å². The molecule has 1 N–H and O–H groups in total. The van der Waals surface area contributed by atoms with Crippen LogP contribution in [0.5, 0.6) is 0 Å². The number of anilines is 1. The molecule has 2 saturated heterocycles. The molecule has 5 heterocycles. The molecule has 0 aromatic carbocycles. The number of amides is 1. The third-order valence-electron chi connectivity index (χ3n) is 6.14. The highest BCUT2D eigenvalue weighted by atomic mass is 16.5. The van der Waals surface area contributed by atoms with Gasteiger partial charge in [-0.1, -0.05) is 0 Å². The summed E-state index contributed by atoms with van der Waals surface area (Å²) in [5.74, 6) is 1.05. The Balaban J connectivity index is 1.28. The van der Waals surface area contributed by atoms with Crippen molar-refractivity contribution in [2.75, 3.05) is 57.4 Å². The van der Waals surface area contributed by atoms with E-state index in [2.05, 4.69) is 30.6 Å². The summed E-state index contributed by atoms with van der Waals surface area (Å²) in [5.41, 5.74) is 2.79. The average Bonchev–Trinajstić information content (AvgIpc) is 3.30. The Hall–Kier alpha value is -2.71. The van der Waals surface area contributed by atoms with E-state index in [0.717, 1.165) is 74.7 Å². The van der Waals surface area contributed by atoms with Crippen molar-refractivity contribution < 1.29 is 9.53 Å². The van der Waals surface area contributed by atoms with Crippen LogP contribution in [-0.4, -0.2) is 77.7 Å². The van der Waals surface area contributed by atoms with Crippen molar-refractivity contribution >= 4 is 28.4 Å². The average molecular weight is 409 g/mol. The van der Waals surface area contributed by atoms with Crippen LogP contribution in [0.1, 0.15) is 12.8 Å². The highest BCUT2D eigenvalue weighted by Gasteiger charge is 2.28. The second-order valence-corrected chi connectivity index (χ2v) is 8.08. The summed E-state index contributed by atoms with van der Waals surface area (Å²) in [5, 5.41) is 3.15. The number of hydrogen-bond acceptors (Lipinski definition) is 6. The summed E-state index contributed by atoms with van der Waals surface area (Å²) in [6, 6.07) is 8.09. The van der Waals surface area contributed by atoms with Crippen molar-refractivity contribution in [3.63, 3.8) is 0 Å². The van der Waals surface area contributed by atoms with Crippen LogP contribution in [0.3, 0.4) is 0 Å². The molecule has 0 saturated carbocycles. The number of carbonyl (C=O) groups is 1. The predicted octanol–water partition coefficient (Wildman–Crippen LogP) is 1.55. The van der Waals surface area contributed by atoms with E-state index in [1.165, 1.54) is 0 Å². The Morgan fingerprint density at radius 1 is 1.17 bits per heavy atom. The molecule has 2 aliphatic rings. The van der Waals surface area contributed by atoms with Gasteiger partial charge in [0.15, 0.2) is 11.5 Å². The molecule has 0 aliphatic carbocycles. The molecule has 5 rings (SSSR count). The lowest BCUT2D eigenvalue weighted by atomic mass is 9.97. The molecular formula is C22H28N6O2. The maximum atomic E-state index is 12.8. The van der Waals surface area contributed by atoms with E-state index < -0.39 is 0 Å². The molecule has 2 fully saturated rings. The molecule has 30 heavy (non-hydrogen) atoms. The third kappa shape index (κ3) is 3.85. The second-order valence-electron chi connectivity index (χ2n) is 8.08. The molecular weight excluding hydrogens is 380 g/mol. The normalized spacial score (nSPS) is 20.7. The maximum absolute atomic E-state index is 12.8. The number of nitrogens with one attached hydrogen (secondary N) is 1. The van der Waals surface area contributed by atoms with Crippen molar-refractivity contribution in [2.45, 2.75) is 12.8 Å². The van der Waals surface area contributed by atoms with E-state index in [1.807, 2.05) is 24.4 Å². The first-order valence-electron chi connectivity index (χ1n) is 10.8. The van der Waals surface area contributed by atoms with Crippen LogP contribution in [0, 0.1) is 5.92 Å². The van der Waals surface area contributed by atoms with Crippen molar-refractivity contribution in [1.29, 1.82) is 0 Å². The van der Waals surface area contributed by atoms with Crippen molar-refractivity contribution in [3.05, 3.63) is 36.7 Å². The highest BCUT2D eigenvalue weighted by Crippen LogP contribution is 2.28. The van der Waals surface area contributed by atoms with Crippen LogP contribution in [0.15, 0.2) is 36.7 Å². The number of morpholine rings is 1. The van der Waals surface area contributed by atoms with Gasteiger partial charge in [0.25, 0.3) is 0 Å². The number of aromatic nitrogens is 3. The SMILES string of the molecule is O=C(NCCN1CCOCC1)C1CCCN(c2nc3ncccc3n3cccc23)C1. The van der Waals surface area contributed by atoms with Crippen LogP contribution < -0.4 is 10.2 Å². The van der Waals surface area contributed by atoms with Gasteiger partial charge >= 0.3 is 0 Å². The smallest absolute Gasteiger partial charge is 0.224 e. The molecule has 3 aromatic heterocycles. The Kier molecular flexibility index (Phi) is 5.50. The lowest BCUT2D eigenvalue weighted by molar-refractivity contribution is -0.125. The standard InChI is InChI=1S/C22H28N6O2/c29-22(24-8-11-26-12-14-30-15-13-26)17-4-2-9-27(16-17)21-19-6-3-10-28(19)18-5-1-7-23-20(18)25-21/h1,3,5-7,10,17H,2,4,8-9,11-16H2,(H,24,29). The zero-order chi connectivity index (χ0) is 20.3. The lowest BCUT2D eigenvalue weighted by Crippen LogP contribution is -2.46. The van der Waals surface area contributed by atoms with Crippen LogP contribution in [0.4, 0.5) is 5.82 Å². The van der Waals surface area contributed by atoms with Gasteiger partial charge in [-0.2, -0.15) is 0 Å². The number of ether oxygens (including phenoxy) is 1. The first-order valence-corrected chi connectivity index (χ1v) is 10.8. The fraction of sp³-hybridized carbons (Fsp3) is 0.500. The Labute approximate surface area is 175 Å².